The minimum absolute atomic E-state index is 0.183. The lowest BCUT2D eigenvalue weighted by Gasteiger charge is -2.42. The molecule has 0 radical (unpaired) electrons. The van der Waals surface area contributed by atoms with Crippen LogP contribution in [-0.4, -0.2) is 23.7 Å². The molecule has 4 nitrogen and oxygen atoms in total. The van der Waals surface area contributed by atoms with Gasteiger partial charge in [-0.25, -0.2) is 4.79 Å². The lowest BCUT2D eigenvalue weighted by molar-refractivity contribution is 0.0697. The van der Waals surface area contributed by atoms with Crippen molar-refractivity contribution in [3.63, 3.8) is 0 Å². The Morgan fingerprint density at radius 2 is 1.76 bits per heavy atom. The summed E-state index contributed by atoms with van der Waals surface area (Å²) >= 11 is 0. The van der Waals surface area contributed by atoms with Gasteiger partial charge in [0.25, 0.3) is 0 Å². The molecule has 0 bridgehead atoms. The fraction of sp³-hybridized carbons (Fsp3) is 0.381. The molecule has 1 aliphatic rings. The molecular weight excluding hydrogens is 312 g/mol. The van der Waals surface area contributed by atoms with Gasteiger partial charge in [0.1, 0.15) is 0 Å². The quantitative estimate of drug-likeness (QED) is 0.821. The minimum Gasteiger partial charge on any atom is -0.478 e. The molecule has 132 valence electrons. The van der Waals surface area contributed by atoms with Crippen LogP contribution in [0.15, 0.2) is 42.5 Å². The number of carboxylic acid groups (broad SMARTS) is 1. The maximum atomic E-state index is 11.0. The molecule has 1 heterocycles. The molecule has 0 amide bonds. The Morgan fingerprint density at radius 1 is 1.12 bits per heavy atom. The van der Waals surface area contributed by atoms with Gasteiger partial charge in [-0.2, -0.15) is 0 Å². The number of rotatable bonds is 4. The van der Waals surface area contributed by atoms with Crippen LogP contribution in [0.4, 0.5) is 17.1 Å². The Bertz CT molecular complexity index is 779. The molecule has 0 aromatic heterocycles. The van der Waals surface area contributed by atoms with E-state index < -0.39 is 5.97 Å². The van der Waals surface area contributed by atoms with Gasteiger partial charge in [0.15, 0.2) is 0 Å². The number of nitrogens with zero attached hydrogens (tertiary/aromatic N) is 1. The zero-order chi connectivity index (χ0) is 18.2. The van der Waals surface area contributed by atoms with E-state index in [-0.39, 0.29) is 5.41 Å². The Balaban J connectivity index is 1.91. The average Bonchev–Trinajstić information content (AvgIpc) is 2.54. The molecule has 0 saturated heterocycles. The van der Waals surface area contributed by atoms with Crippen molar-refractivity contribution in [2.24, 2.45) is 0 Å². The van der Waals surface area contributed by atoms with Crippen molar-refractivity contribution in [3.8, 4) is 0 Å². The highest BCUT2D eigenvalue weighted by Gasteiger charge is 2.32. The highest BCUT2D eigenvalue weighted by molar-refractivity contribution is 5.88. The molecule has 0 saturated carbocycles. The number of carboxylic acids is 1. The molecule has 0 fully saturated rings. The Morgan fingerprint density at radius 3 is 2.36 bits per heavy atom. The van der Waals surface area contributed by atoms with Crippen LogP contribution in [-0.2, 0) is 5.41 Å². The lowest BCUT2D eigenvalue weighted by Crippen LogP contribution is -2.41. The van der Waals surface area contributed by atoms with E-state index in [4.69, 9.17) is 5.11 Å². The number of nitrogens with one attached hydrogen (secondary N) is 1. The van der Waals surface area contributed by atoms with Crippen molar-refractivity contribution in [2.75, 3.05) is 16.8 Å². The third kappa shape index (κ3) is 3.48. The van der Waals surface area contributed by atoms with Gasteiger partial charge in [-0.1, -0.05) is 19.9 Å². The Hall–Kier alpha value is -2.49. The van der Waals surface area contributed by atoms with E-state index in [9.17, 15) is 4.79 Å². The molecule has 25 heavy (non-hydrogen) atoms. The first-order valence-electron chi connectivity index (χ1n) is 8.79. The van der Waals surface area contributed by atoms with Gasteiger partial charge in [0.05, 0.1) is 5.56 Å². The average molecular weight is 338 g/mol. The summed E-state index contributed by atoms with van der Waals surface area (Å²) in [6.07, 6.45) is 1.15. The summed E-state index contributed by atoms with van der Waals surface area (Å²) in [7, 11) is 0. The van der Waals surface area contributed by atoms with Crippen LogP contribution in [0.1, 0.15) is 50.0 Å². The molecule has 1 aliphatic heterocycles. The zero-order valence-electron chi connectivity index (χ0n) is 15.3. The first-order chi connectivity index (χ1) is 11.8. The fourth-order valence-electron chi connectivity index (χ4n) is 3.47. The first-order valence-corrected chi connectivity index (χ1v) is 8.79. The minimum atomic E-state index is -0.907. The van der Waals surface area contributed by atoms with Crippen LogP contribution in [0.25, 0.3) is 0 Å². The number of hydrogen-bond donors (Lipinski definition) is 2. The summed E-state index contributed by atoms with van der Waals surface area (Å²) in [6, 6.07) is 13.8. The number of benzene rings is 2. The molecule has 0 aliphatic carbocycles. The standard InChI is InChI=1S/C21H26N2O2/c1-14(2)23-12-11-21(3,4)18-10-9-17(13-19(18)23)22-16-7-5-15(6-8-16)20(24)25/h5-10,13-14,22H,11-12H2,1-4H3,(H,24,25). The van der Waals surface area contributed by atoms with Crippen LogP contribution in [0.5, 0.6) is 0 Å². The van der Waals surface area contributed by atoms with Crippen molar-refractivity contribution in [1.82, 2.24) is 0 Å². The van der Waals surface area contributed by atoms with E-state index in [1.807, 2.05) is 0 Å². The number of anilines is 3. The summed E-state index contributed by atoms with van der Waals surface area (Å²) in [4.78, 5) is 13.4. The fourth-order valence-corrected chi connectivity index (χ4v) is 3.47. The lowest BCUT2D eigenvalue weighted by atomic mass is 9.77. The Labute approximate surface area is 149 Å². The van der Waals surface area contributed by atoms with Crippen molar-refractivity contribution >= 4 is 23.0 Å². The van der Waals surface area contributed by atoms with E-state index in [0.29, 0.717) is 11.6 Å². The highest BCUT2D eigenvalue weighted by atomic mass is 16.4. The van der Waals surface area contributed by atoms with Gasteiger partial charge in [0.2, 0.25) is 0 Å². The SMILES string of the molecule is CC(C)N1CCC(C)(C)c2ccc(Nc3ccc(C(=O)O)cc3)cc21. The van der Waals surface area contributed by atoms with Crippen LogP contribution in [0.2, 0.25) is 0 Å². The molecule has 0 spiro atoms. The normalized spacial score (nSPS) is 15.8. The van der Waals surface area contributed by atoms with Crippen LogP contribution >= 0.6 is 0 Å². The van der Waals surface area contributed by atoms with Gasteiger partial charge in [-0.15, -0.1) is 0 Å². The smallest absolute Gasteiger partial charge is 0.335 e. The van der Waals surface area contributed by atoms with E-state index in [0.717, 1.165) is 24.3 Å². The van der Waals surface area contributed by atoms with Gasteiger partial charge in [-0.3, -0.25) is 0 Å². The van der Waals surface area contributed by atoms with E-state index in [1.165, 1.54) is 11.3 Å². The zero-order valence-corrected chi connectivity index (χ0v) is 15.3. The molecule has 2 aromatic carbocycles. The van der Waals surface area contributed by atoms with E-state index >= 15 is 0 Å². The molecule has 3 rings (SSSR count). The van der Waals surface area contributed by atoms with Crippen molar-refractivity contribution < 1.29 is 9.90 Å². The van der Waals surface area contributed by atoms with E-state index in [1.54, 1.807) is 24.3 Å². The molecule has 4 heteroatoms. The second-order valence-electron chi connectivity index (χ2n) is 7.66. The van der Waals surface area contributed by atoms with Gasteiger partial charge in [-0.05, 0) is 67.6 Å². The largest absolute Gasteiger partial charge is 0.478 e. The highest BCUT2D eigenvalue weighted by Crippen LogP contribution is 2.42. The number of aromatic carboxylic acids is 1. The van der Waals surface area contributed by atoms with Crippen molar-refractivity contribution in [1.29, 1.82) is 0 Å². The van der Waals surface area contributed by atoms with E-state index in [2.05, 4.69) is 56.1 Å². The monoisotopic (exact) mass is 338 g/mol. The summed E-state index contributed by atoms with van der Waals surface area (Å²) in [5.74, 6) is -0.907. The van der Waals surface area contributed by atoms with Gasteiger partial charge in [0, 0.05) is 29.6 Å². The van der Waals surface area contributed by atoms with Crippen molar-refractivity contribution in [3.05, 3.63) is 53.6 Å². The second kappa shape index (κ2) is 6.43. The maximum absolute atomic E-state index is 11.0. The summed E-state index contributed by atoms with van der Waals surface area (Å²) < 4.78 is 0. The molecule has 0 atom stereocenters. The molecular formula is C21H26N2O2. The summed E-state index contributed by atoms with van der Waals surface area (Å²) in [6.45, 7) is 10.1. The number of hydrogen-bond acceptors (Lipinski definition) is 3. The van der Waals surface area contributed by atoms with Crippen LogP contribution < -0.4 is 10.2 Å². The number of carbonyl (C=O) groups is 1. The van der Waals surface area contributed by atoms with Crippen molar-refractivity contribution in [2.45, 2.75) is 45.6 Å². The summed E-state index contributed by atoms with van der Waals surface area (Å²) in [5.41, 5.74) is 5.06. The Kier molecular flexibility index (Phi) is 4.46. The number of fused-ring (bicyclic) bond motifs is 1. The third-order valence-corrected chi connectivity index (χ3v) is 5.06. The second-order valence-corrected chi connectivity index (χ2v) is 7.66. The topological polar surface area (TPSA) is 52.6 Å². The molecule has 2 N–H and O–H groups in total. The predicted molar refractivity (Wildman–Crippen MR) is 103 cm³/mol. The van der Waals surface area contributed by atoms with Crippen LogP contribution in [0, 0.1) is 0 Å². The van der Waals surface area contributed by atoms with Gasteiger partial charge >= 0.3 is 5.97 Å². The third-order valence-electron chi connectivity index (χ3n) is 5.06. The molecule has 0 unspecified atom stereocenters. The maximum Gasteiger partial charge on any atom is 0.335 e. The van der Waals surface area contributed by atoms with Crippen LogP contribution in [0.3, 0.4) is 0 Å². The first kappa shape index (κ1) is 17.3. The predicted octanol–water partition coefficient (Wildman–Crippen LogP) is 5.02. The molecule has 2 aromatic rings. The van der Waals surface area contributed by atoms with Gasteiger partial charge < -0.3 is 15.3 Å². The summed E-state index contributed by atoms with van der Waals surface area (Å²) in [5, 5.41) is 12.4.